The Kier molecular flexibility index (Phi) is 4.31. The molecule has 4 rings (SSSR count). The van der Waals surface area contributed by atoms with Gasteiger partial charge >= 0.3 is 0 Å². The molecular formula is C20H20N6. The lowest BCUT2D eigenvalue weighted by molar-refractivity contribution is 0.764. The Morgan fingerprint density at radius 3 is 2.65 bits per heavy atom. The minimum absolute atomic E-state index is 0.280. The Balaban J connectivity index is 1.60. The molecule has 0 fully saturated rings. The van der Waals surface area contributed by atoms with Crippen LogP contribution in [-0.2, 0) is 6.54 Å². The maximum absolute atomic E-state index is 4.65. The van der Waals surface area contributed by atoms with Gasteiger partial charge in [-0.3, -0.25) is 0 Å². The molecule has 0 N–H and O–H groups in total. The zero-order chi connectivity index (χ0) is 17.9. The van der Waals surface area contributed by atoms with E-state index in [0.717, 1.165) is 28.6 Å². The first kappa shape index (κ1) is 16.2. The molecule has 3 aromatic heterocycles. The Bertz CT molecular complexity index is 1000. The topological polar surface area (TPSA) is 61.4 Å². The lowest BCUT2D eigenvalue weighted by Gasteiger charge is -2.08. The average Bonchev–Trinajstić information content (AvgIpc) is 3.32. The molecule has 4 aromatic rings. The normalized spacial score (nSPS) is 11.2. The number of hydrogen-bond acceptors (Lipinski definition) is 4. The van der Waals surface area contributed by atoms with Gasteiger partial charge in [0.15, 0.2) is 5.82 Å². The van der Waals surface area contributed by atoms with Crippen LogP contribution in [0.15, 0.2) is 67.4 Å². The second kappa shape index (κ2) is 6.92. The molecule has 6 heteroatoms. The SMILES string of the molecule is CC(C)c1nccc(-c2nccn2Cc2cnn(-c3ccccc3)c2)n1. The van der Waals surface area contributed by atoms with Gasteiger partial charge in [0.2, 0.25) is 0 Å². The van der Waals surface area contributed by atoms with Crippen LogP contribution in [0.4, 0.5) is 0 Å². The highest BCUT2D eigenvalue weighted by Gasteiger charge is 2.11. The highest BCUT2D eigenvalue weighted by atomic mass is 15.3. The van der Waals surface area contributed by atoms with E-state index in [9.17, 15) is 0 Å². The van der Waals surface area contributed by atoms with Gasteiger partial charge in [-0.25, -0.2) is 19.6 Å². The first-order valence-corrected chi connectivity index (χ1v) is 8.64. The Labute approximate surface area is 152 Å². The van der Waals surface area contributed by atoms with Crippen LogP contribution >= 0.6 is 0 Å². The van der Waals surface area contributed by atoms with E-state index in [4.69, 9.17) is 0 Å². The fourth-order valence-corrected chi connectivity index (χ4v) is 2.81. The van der Waals surface area contributed by atoms with E-state index in [-0.39, 0.29) is 5.92 Å². The van der Waals surface area contributed by atoms with Gasteiger partial charge in [-0.15, -0.1) is 0 Å². The van der Waals surface area contributed by atoms with Crippen LogP contribution in [-0.4, -0.2) is 29.3 Å². The first-order chi connectivity index (χ1) is 12.7. The van der Waals surface area contributed by atoms with Crippen LogP contribution in [0.25, 0.3) is 17.2 Å². The number of para-hydroxylation sites is 1. The Morgan fingerprint density at radius 2 is 1.85 bits per heavy atom. The number of rotatable bonds is 5. The zero-order valence-electron chi connectivity index (χ0n) is 14.8. The minimum atomic E-state index is 0.280. The predicted octanol–water partition coefficient (Wildman–Crippen LogP) is 3.70. The molecule has 6 nitrogen and oxygen atoms in total. The second-order valence-corrected chi connectivity index (χ2v) is 6.46. The van der Waals surface area contributed by atoms with Gasteiger partial charge in [0.25, 0.3) is 0 Å². The molecule has 0 unspecified atom stereocenters. The molecule has 1 aromatic carbocycles. The van der Waals surface area contributed by atoms with E-state index >= 15 is 0 Å². The van der Waals surface area contributed by atoms with Crippen LogP contribution in [0.3, 0.4) is 0 Å². The average molecular weight is 344 g/mol. The number of nitrogens with zero attached hydrogens (tertiary/aromatic N) is 6. The lowest BCUT2D eigenvalue weighted by atomic mass is 10.2. The quantitative estimate of drug-likeness (QED) is 0.554. The van der Waals surface area contributed by atoms with Gasteiger partial charge in [0.1, 0.15) is 11.5 Å². The molecule has 0 amide bonds. The third-order valence-electron chi connectivity index (χ3n) is 4.14. The number of hydrogen-bond donors (Lipinski definition) is 0. The molecule has 0 spiro atoms. The summed E-state index contributed by atoms with van der Waals surface area (Å²) >= 11 is 0. The van der Waals surface area contributed by atoms with Gasteiger partial charge in [-0.2, -0.15) is 5.10 Å². The van der Waals surface area contributed by atoms with Crippen LogP contribution in [0.2, 0.25) is 0 Å². The number of benzene rings is 1. The van der Waals surface area contributed by atoms with E-state index in [1.807, 2.05) is 59.7 Å². The fourth-order valence-electron chi connectivity index (χ4n) is 2.81. The Morgan fingerprint density at radius 1 is 1.00 bits per heavy atom. The summed E-state index contributed by atoms with van der Waals surface area (Å²) in [6.07, 6.45) is 9.49. The highest BCUT2D eigenvalue weighted by molar-refractivity contribution is 5.49. The molecule has 0 aliphatic heterocycles. The standard InChI is InChI=1S/C20H20N6/c1-15(2)19-21-9-8-18(24-19)20-22-10-11-25(20)13-16-12-23-26(14-16)17-6-4-3-5-7-17/h3-12,14-15H,13H2,1-2H3. The lowest BCUT2D eigenvalue weighted by Crippen LogP contribution is -2.04. The van der Waals surface area contributed by atoms with Crippen molar-refractivity contribution in [3.05, 3.63) is 78.8 Å². The summed E-state index contributed by atoms with van der Waals surface area (Å²) < 4.78 is 3.96. The number of aromatic nitrogens is 6. The van der Waals surface area contributed by atoms with Gasteiger partial charge in [0, 0.05) is 36.3 Å². The summed E-state index contributed by atoms with van der Waals surface area (Å²) in [4.78, 5) is 13.5. The molecule has 0 aliphatic carbocycles. The van der Waals surface area contributed by atoms with Crippen molar-refractivity contribution in [2.45, 2.75) is 26.3 Å². The molecule has 130 valence electrons. The molecule has 0 aliphatic rings. The minimum Gasteiger partial charge on any atom is -0.325 e. The summed E-state index contributed by atoms with van der Waals surface area (Å²) in [5, 5.41) is 4.46. The van der Waals surface area contributed by atoms with Crippen molar-refractivity contribution in [2.75, 3.05) is 0 Å². The van der Waals surface area contributed by atoms with Crippen molar-refractivity contribution in [1.82, 2.24) is 29.3 Å². The summed E-state index contributed by atoms with van der Waals surface area (Å²) in [5.74, 6) is 1.94. The third-order valence-corrected chi connectivity index (χ3v) is 4.14. The van der Waals surface area contributed by atoms with E-state index in [0.29, 0.717) is 6.54 Å². The van der Waals surface area contributed by atoms with E-state index in [1.54, 1.807) is 12.4 Å². The molecule has 0 bridgehead atoms. The maximum atomic E-state index is 4.65. The summed E-state index contributed by atoms with van der Waals surface area (Å²) in [6, 6.07) is 12.0. The van der Waals surface area contributed by atoms with Crippen molar-refractivity contribution in [2.24, 2.45) is 0 Å². The van der Waals surface area contributed by atoms with Gasteiger partial charge in [-0.1, -0.05) is 32.0 Å². The predicted molar refractivity (Wildman–Crippen MR) is 100 cm³/mol. The molecular weight excluding hydrogens is 324 g/mol. The van der Waals surface area contributed by atoms with Crippen molar-refractivity contribution in [1.29, 1.82) is 0 Å². The zero-order valence-corrected chi connectivity index (χ0v) is 14.8. The summed E-state index contributed by atoms with van der Waals surface area (Å²) in [5.41, 5.74) is 2.98. The molecule has 0 saturated carbocycles. The van der Waals surface area contributed by atoms with Crippen molar-refractivity contribution >= 4 is 0 Å². The number of imidazole rings is 1. The van der Waals surface area contributed by atoms with Gasteiger partial charge in [0.05, 0.1) is 18.4 Å². The first-order valence-electron chi connectivity index (χ1n) is 8.64. The highest BCUT2D eigenvalue weighted by Crippen LogP contribution is 2.19. The molecule has 0 atom stereocenters. The van der Waals surface area contributed by atoms with Crippen molar-refractivity contribution in [3.63, 3.8) is 0 Å². The molecule has 3 heterocycles. The van der Waals surface area contributed by atoms with Crippen LogP contribution in [0.5, 0.6) is 0 Å². The van der Waals surface area contributed by atoms with Gasteiger partial charge < -0.3 is 4.57 Å². The van der Waals surface area contributed by atoms with E-state index in [1.165, 1.54) is 0 Å². The molecule has 0 saturated heterocycles. The van der Waals surface area contributed by atoms with Crippen LogP contribution < -0.4 is 0 Å². The molecule has 0 radical (unpaired) electrons. The summed E-state index contributed by atoms with van der Waals surface area (Å²) in [6.45, 7) is 4.86. The van der Waals surface area contributed by atoms with E-state index < -0.39 is 0 Å². The molecule has 26 heavy (non-hydrogen) atoms. The largest absolute Gasteiger partial charge is 0.325 e. The van der Waals surface area contributed by atoms with Gasteiger partial charge in [-0.05, 0) is 18.2 Å². The monoisotopic (exact) mass is 344 g/mol. The van der Waals surface area contributed by atoms with Crippen LogP contribution in [0, 0.1) is 0 Å². The fraction of sp³-hybridized carbons (Fsp3) is 0.200. The second-order valence-electron chi connectivity index (χ2n) is 6.46. The van der Waals surface area contributed by atoms with E-state index in [2.05, 4.69) is 38.5 Å². The van der Waals surface area contributed by atoms with Crippen molar-refractivity contribution in [3.8, 4) is 17.2 Å². The Hall–Kier alpha value is -3.28. The maximum Gasteiger partial charge on any atom is 0.159 e. The van der Waals surface area contributed by atoms with Crippen LogP contribution in [0.1, 0.15) is 31.2 Å². The smallest absolute Gasteiger partial charge is 0.159 e. The van der Waals surface area contributed by atoms with Crippen molar-refractivity contribution < 1.29 is 0 Å². The summed E-state index contributed by atoms with van der Waals surface area (Å²) in [7, 11) is 0. The third kappa shape index (κ3) is 3.26.